The summed E-state index contributed by atoms with van der Waals surface area (Å²) in [6.07, 6.45) is 6.98. The Morgan fingerprint density at radius 1 is 1.18 bits per heavy atom. The normalized spacial score (nSPS) is 35.6. The van der Waals surface area contributed by atoms with Crippen molar-refractivity contribution in [2.45, 2.75) is 56.7 Å². The number of hydrogen-bond donors (Lipinski definition) is 2. The SMILES string of the molecule is O=C1CC(NC2CCN(C3CC3)C2)CCCN1. The Hall–Kier alpha value is -0.610. The molecular weight excluding hydrogens is 214 g/mol. The molecule has 0 bridgehead atoms. The van der Waals surface area contributed by atoms with Crippen molar-refractivity contribution in [3.05, 3.63) is 0 Å². The standard InChI is InChI=1S/C13H23N3O/c17-13-8-10(2-1-6-14-13)15-11-5-7-16(9-11)12-3-4-12/h10-12,15H,1-9H2,(H,14,17). The molecule has 2 atom stereocenters. The van der Waals surface area contributed by atoms with Gasteiger partial charge in [-0.1, -0.05) is 0 Å². The third kappa shape index (κ3) is 2.99. The van der Waals surface area contributed by atoms with Crippen LogP contribution in [0.3, 0.4) is 0 Å². The fourth-order valence-electron chi connectivity index (χ4n) is 3.14. The molecule has 0 radical (unpaired) electrons. The van der Waals surface area contributed by atoms with Crippen LogP contribution in [0.4, 0.5) is 0 Å². The number of carbonyl (C=O) groups is 1. The molecule has 3 aliphatic rings. The molecule has 4 nitrogen and oxygen atoms in total. The van der Waals surface area contributed by atoms with Gasteiger partial charge in [-0.05, 0) is 32.1 Å². The minimum absolute atomic E-state index is 0.219. The average molecular weight is 237 g/mol. The number of likely N-dealkylation sites (tertiary alicyclic amines) is 1. The van der Waals surface area contributed by atoms with Crippen LogP contribution in [0.2, 0.25) is 0 Å². The molecule has 4 heteroatoms. The van der Waals surface area contributed by atoms with Gasteiger partial charge in [0.25, 0.3) is 0 Å². The van der Waals surface area contributed by atoms with E-state index in [1.165, 1.54) is 32.4 Å². The van der Waals surface area contributed by atoms with E-state index < -0.39 is 0 Å². The Morgan fingerprint density at radius 2 is 2.06 bits per heavy atom. The predicted octanol–water partition coefficient (Wildman–Crippen LogP) is 0.481. The van der Waals surface area contributed by atoms with E-state index in [1.54, 1.807) is 0 Å². The highest BCUT2D eigenvalue weighted by Gasteiger charge is 2.35. The highest BCUT2D eigenvalue weighted by atomic mass is 16.1. The van der Waals surface area contributed by atoms with E-state index in [0.717, 1.165) is 25.4 Å². The third-order valence-corrected chi connectivity index (χ3v) is 4.24. The first kappa shape index (κ1) is 11.5. The molecule has 2 heterocycles. The second-order valence-electron chi connectivity index (χ2n) is 5.77. The lowest BCUT2D eigenvalue weighted by molar-refractivity contribution is -0.121. The van der Waals surface area contributed by atoms with Gasteiger partial charge in [0.05, 0.1) is 0 Å². The number of carbonyl (C=O) groups excluding carboxylic acids is 1. The van der Waals surface area contributed by atoms with E-state index in [4.69, 9.17) is 0 Å². The number of nitrogens with zero attached hydrogens (tertiary/aromatic N) is 1. The Labute approximate surface area is 103 Å². The Kier molecular flexibility index (Phi) is 3.34. The first-order valence-corrected chi connectivity index (χ1v) is 7.08. The van der Waals surface area contributed by atoms with Gasteiger partial charge in [0.2, 0.25) is 5.91 Å². The van der Waals surface area contributed by atoms with E-state index in [2.05, 4.69) is 15.5 Å². The fourth-order valence-corrected chi connectivity index (χ4v) is 3.14. The zero-order chi connectivity index (χ0) is 11.7. The minimum Gasteiger partial charge on any atom is -0.356 e. The van der Waals surface area contributed by atoms with Crippen molar-refractivity contribution in [1.29, 1.82) is 0 Å². The van der Waals surface area contributed by atoms with Crippen LogP contribution in [0.5, 0.6) is 0 Å². The molecule has 17 heavy (non-hydrogen) atoms. The van der Waals surface area contributed by atoms with Crippen molar-refractivity contribution in [2.24, 2.45) is 0 Å². The summed E-state index contributed by atoms with van der Waals surface area (Å²) < 4.78 is 0. The van der Waals surface area contributed by atoms with E-state index in [9.17, 15) is 4.79 Å². The number of hydrogen-bond acceptors (Lipinski definition) is 3. The summed E-state index contributed by atoms with van der Waals surface area (Å²) >= 11 is 0. The summed E-state index contributed by atoms with van der Waals surface area (Å²) in [4.78, 5) is 14.1. The van der Waals surface area contributed by atoms with Crippen LogP contribution in [0.1, 0.15) is 38.5 Å². The molecular formula is C13H23N3O. The van der Waals surface area contributed by atoms with Gasteiger partial charge in [-0.15, -0.1) is 0 Å². The Balaban J connectivity index is 1.47. The molecule has 0 aromatic rings. The number of nitrogens with one attached hydrogen (secondary N) is 2. The molecule has 0 spiro atoms. The maximum absolute atomic E-state index is 11.5. The first-order valence-electron chi connectivity index (χ1n) is 7.08. The summed E-state index contributed by atoms with van der Waals surface area (Å²) in [5.41, 5.74) is 0. The van der Waals surface area contributed by atoms with E-state index in [1.807, 2.05) is 0 Å². The highest BCUT2D eigenvalue weighted by Crippen LogP contribution is 2.30. The summed E-state index contributed by atoms with van der Waals surface area (Å²) in [5, 5.41) is 6.65. The van der Waals surface area contributed by atoms with Gasteiger partial charge in [0.15, 0.2) is 0 Å². The van der Waals surface area contributed by atoms with Crippen LogP contribution in [0, 0.1) is 0 Å². The molecule has 1 saturated carbocycles. The molecule has 0 aromatic carbocycles. The zero-order valence-electron chi connectivity index (χ0n) is 10.5. The molecule has 1 aliphatic carbocycles. The monoisotopic (exact) mass is 237 g/mol. The predicted molar refractivity (Wildman–Crippen MR) is 66.8 cm³/mol. The smallest absolute Gasteiger partial charge is 0.221 e. The van der Waals surface area contributed by atoms with Crippen LogP contribution >= 0.6 is 0 Å². The fraction of sp³-hybridized carbons (Fsp3) is 0.923. The molecule has 2 aliphatic heterocycles. The molecule has 1 amide bonds. The number of rotatable bonds is 3. The molecule has 3 fully saturated rings. The second-order valence-corrected chi connectivity index (χ2v) is 5.77. The van der Waals surface area contributed by atoms with Crippen molar-refractivity contribution >= 4 is 5.91 Å². The maximum Gasteiger partial charge on any atom is 0.221 e. The van der Waals surface area contributed by atoms with E-state index in [-0.39, 0.29) is 5.91 Å². The van der Waals surface area contributed by atoms with Crippen LogP contribution in [-0.4, -0.2) is 48.6 Å². The van der Waals surface area contributed by atoms with E-state index >= 15 is 0 Å². The largest absolute Gasteiger partial charge is 0.356 e. The van der Waals surface area contributed by atoms with Crippen LogP contribution in [-0.2, 0) is 4.79 Å². The van der Waals surface area contributed by atoms with Crippen LogP contribution in [0.25, 0.3) is 0 Å². The minimum atomic E-state index is 0.219. The average Bonchev–Trinajstić information content (AvgIpc) is 3.08. The number of amides is 1. The Bertz CT molecular complexity index is 290. The van der Waals surface area contributed by atoms with Gasteiger partial charge in [0, 0.05) is 44.2 Å². The molecule has 3 rings (SSSR count). The summed E-state index contributed by atoms with van der Waals surface area (Å²) in [5.74, 6) is 0.219. The lowest BCUT2D eigenvalue weighted by Crippen LogP contribution is -2.41. The van der Waals surface area contributed by atoms with Crippen molar-refractivity contribution in [2.75, 3.05) is 19.6 Å². The van der Waals surface area contributed by atoms with Gasteiger partial charge < -0.3 is 10.6 Å². The third-order valence-electron chi connectivity index (χ3n) is 4.24. The van der Waals surface area contributed by atoms with Crippen LogP contribution < -0.4 is 10.6 Å². The molecule has 2 saturated heterocycles. The Morgan fingerprint density at radius 3 is 2.88 bits per heavy atom. The van der Waals surface area contributed by atoms with Crippen molar-refractivity contribution in [3.63, 3.8) is 0 Å². The van der Waals surface area contributed by atoms with Gasteiger partial charge in [-0.3, -0.25) is 9.69 Å². The van der Waals surface area contributed by atoms with Gasteiger partial charge in [-0.2, -0.15) is 0 Å². The van der Waals surface area contributed by atoms with Gasteiger partial charge >= 0.3 is 0 Å². The topological polar surface area (TPSA) is 44.4 Å². The van der Waals surface area contributed by atoms with Gasteiger partial charge in [0.1, 0.15) is 0 Å². The lowest BCUT2D eigenvalue weighted by atomic mass is 10.1. The molecule has 2 N–H and O–H groups in total. The molecule has 0 aromatic heterocycles. The first-order chi connectivity index (χ1) is 8.31. The maximum atomic E-state index is 11.5. The quantitative estimate of drug-likeness (QED) is 0.750. The molecule has 96 valence electrons. The highest BCUT2D eigenvalue weighted by molar-refractivity contribution is 5.76. The van der Waals surface area contributed by atoms with Crippen molar-refractivity contribution in [3.8, 4) is 0 Å². The summed E-state index contributed by atoms with van der Waals surface area (Å²) in [6.45, 7) is 3.31. The molecule has 2 unspecified atom stereocenters. The van der Waals surface area contributed by atoms with Crippen molar-refractivity contribution in [1.82, 2.24) is 15.5 Å². The van der Waals surface area contributed by atoms with E-state index in [0.29, 0.717) is 18.5 Å². The lowest BCUT2D eigenvalue weighted by Gasteiger charge is -2.21. The zero-order valence-corrected chi connectivity index (χ0v) is 10.5. The summed E-state index contributed by atoms with van der Waals surface area (Å²) in [7, 11) is 0. The summed E-state index contributed by atoms with van der Waals surface area (Å²) in [6, 6.07) is 1.91. The van der Waals surface area contributed by atoms with Crippen molar-refractivity contribution < 1.29 is 4.79 Å². The van der Waals surface area contributed by atoms with Crippen LogP contribution in [0.15, 0.2) is 0 Å². The van der Waals surface area contributed by atoms with Gasteiger partial charge in [-0.25, -0.2) is 0 Å². The second kappa shape index (κ2) is 4.94.